The Balaban J connectivity index is 2.24. The van der Waals surface area contributed by atoms with Gasteiger partial charge in [-0.05, 0) is 31.2 Å². The lowest BCUT2D eigenvalue weighted by atomic mass is 10.1. The fourth-order valence-corrected chi connectivity index (χ4v) is 3.37. The molecule has 36 heavy (non-hydrogen) atoms. The molecular formula is C26H41N5O5. The monoisotopic (exact) mass is 503 g/mol. The molecule has 0 radical (unpaired) electrons. The Labute approximate surface area is 213 Å². The maximum Gasteiger partial charge on any atom is 0.242 e. The van der Waals surface area contributed by atoms with E-state index in [0.29, 0.717) is 38.3 Å². The van der Waals surface area contributed by atoms with E-state index in [2.05, 4.69) is 26.6 Å². The molecule has 5 N–H and O–H groups in total. The van der Waals surface area contributed by atoms with Crippen LogP contribution < -0.4 is 26.6 Å². The van der Waals surface area contributed by atoms with Crippen molar-refractivity contribution in [3.63, 3.8) is 0 Å². The minimum atomic E-state index is -0.764. The van der Waals surface area contributed by atoms with Gasteiger partial charge >= 0.3 is 0 Å². The molecule has 0 saturated heterocycles. The SMILES string of the molecule is CCNC(=O)C(Cc1ccccc1)NC(=O)CNC(=O)CNC(=O)CCCCCNC(=O)CC(C)C. The fraction of sp³-hybridized carbons (Fsp3) is 0.577. The molecular weight excluding hydrogens is 462 g/mol. The molecule has 0 fully saturated rings. The van der Waals surface area contributed by atoms with E-state index in [9.17, 15) is 24.0 Å². The maximum atomic E-state index is 12.3. The molecule has 1 atom stereocenters. The second-order valence-corrected chi connectivity index (χ2v) is 9.02. The van der Waals surface area contributed by atoms with Crippen LogP contribution in [0, 0.1) is 5.92 Å². The van der Waals surface area contributed by atoms with Gasteiger partial charge in [0, 0.05) is 32.4 Å². The van der Waals surface area contributed by atoms with Crippen LogP contribution in [0.4, 0.5) is 0 Å². The first-order chi connectivity index (χ1) is 17.2. The predicted octanol–water partition coefficient (Wildman–Crippen LogP) is 0.805. The van der Waals surface area contributed by atoms with Crippen molar-refractivity contribution in [3.8, 4) is 0 Å². The standard InChI is InChI=1S/C26H41N5O5/c1-4-27-26(36)21(16-20-11-7-5-8-12-20)31-25(35)18-30-24(34)17-29-22(32)13-9-6-10-14-28-23(33)15-19(2)3/h5,7-8,11-12,19,21H,4,6,9-10,13-18H2,1-3H3,(H,27,36)(H,28,33)(H,29,32)(H,30,34)(H,31,35). The summed E-state index contributed by atoms with van der Waals surface area (Å²) in [6, 6.07) is 8.56. The third kappa shape index (κ3) is 14.7. The molecule has 0 heterocycles. The second kappa shape index (κ2) is 17.9. The highest BCUT2D eigenvalue weighted by molar-refractivity contribution is 5.91. The van der Waals surface area contributed by atoms with Gasteiger partial charge < -0.3 is 26.6 Å². The van der Waals surface area contributed by atoms with Crippen LogP contribution in [0.3, 0.4) is 0 Å². The van der Waals surface area contributed by atoms with E-state index in [4.69, 9.17) is 0 Å². The Morgan fingerprint density at radius 2 is 1.42 bits per heavy atom. The molecule has 200 valence electrons. The summed E-state index contributed by atoms with van der Waals surface area (Å²) >= 11 is 0. The van der Waals surface area contributed by atoms with Crippen molar-refractivity contribution in [2.24, 2.45) is 5.92 Å². The number of nitrogens with one attached hydrogen (secondary N) is 5. The number of unbranched alkanes of at least 4 members (excludes halogenated alkanes) is 2. The van der Waals surface area contributed by atoms with Gasteiger partial charge in [-0.1, -0.05) is 50.6 Å². The van der Waals surface area contributed by atoms with Crippen LogP contribution in [-0.4, -0.2) is 61.8 Å². The summed E-state index contributed by atoms with van der Waals surface area (Å²) in [5.74, 6) is -1.18. The number of carbonyl (C=O) groups excluding carboxylic acids is 5. The number of rotatable bonds is 17. The first-order valence-electron chi connectivity index (χ1n) is 12.6. The van der Waals surface area contributed by atoms with Crippen molar-refractivity contribution in [1.29, 1.82) is 0 Å². The molecule has 10 heteroatoms. The summed E-state index contributed by atoms with van der Waals surface area (Å²) < 4.78 is 0. The van der Waals surface area contributed by atoms with Gasteiger partial charge in [-0.15, -0.1) is 0 Å². The molecule has 0 saturated carbocycles. The van der Waals surface area contributed by atoms with Crippen LogP contribution >= 0.6 is 0 Å². The van der Waals surface area contributed by atoms with Crippen molar-refractivity contribution in [2.45, 2.75) is 65.3 Å². The average Bonchev–Trinajstić information content (AvgIpc) is 2.83. The van der Waals surface area contributed by atoms with Crippen molar-refractivity contribution in [1.82, 2.24) is 26.6 Å². The van der Waals surface area contributed by atoms with Crippen LogP contribution in [0.1, 0.15) is 58.4 Å². The zero-order chi connectivity index (χ0) is 26.8. The van der Waals surface area contributed by atoms with E-state index in [1.165, 1.54) is 0 Å². The Bertz CT molecular complexity index is 844. The van der Waals surface area contributed by atoms with E-state index in [0.717, 1.165) is 18.4 Å². The number of hydrogen-bond acceptors (Lipinski definition) is 5. The van der Waals surface area contributed by atoms with Crippen molar-refractivity contribution < 1.29 is 24.0 Å². The summed E-state index contributed by atoms with van der Waals surface area (Å²) in [7, 11) is 0. The minimum absolute atomic E-state index is 0.0402. The number of hydrogen-bond donors (Lipinski definition) is 5. The van der Waals surface area contributed by atoms with Crippen LogP contribution in [0.5, 0.6) is 0 Å². The third-order valence-electron chi connectivity index (χ3n) is 5.17. The number of likely N-dealkylation sites (N-methyl/N-ethyl adjacent to an activating group) is 1. The first kappa shape index (κ1) is 30.6. The number of carbonyl (C=O) groups is 5. The topological polar surface area (TPSA) is 146 Å². The van der Waals surface area contributed by atoms with Gasteiger partial charge in [-0.25, -0.2) is 0 Å². The van der Waals surface area contributed by atoms with Gasteiger partial charge in [0.15, 0.2) is 0 Å². The molecule has 0 bridgehead atoms. The molecule has 0 aliphatic heterocycles. The van der Waals surface area contributed by atoms with Crippen LogP contribution in [0.15, 0.2) is 30.3 Å². The van der Waals surface area contributed by atoms with Crippen molar-refractivity contribution in [2.75, 3.05) is 26.2 Å². The van der Waals surface area contributed by atoms with Gasteiger partial charge in [-0.3, -0.25) is 24.0 Å². The lowest BCUT2D eigenvalue weighted by molar-refractivity contribution is -0.130. The van der Waals surface area contributed by atoms with Gasteiger partial charge in [0.2, 0.25) is 29.5 Å². The summed E-state index contributed by atoms with van der Waals surface area (Å²) in [6.45, 7) is 6.26. The highest BCUT2D eigenvalue weighted by Crippen LogP contribution is 2.04. The van der Waals surface area contributed by atoms with Gasteiger partial charge in [0.1, 0.15) is 6.04 Å². The molecule has 0 aromatic heterocycles. The Hall–Kier alpha value is -3.43. The molecule has 1 aromatic rings. The third-order valence-corrected chi connectivity index (χ3v) is 5.17. The second-order valence-electron chi connectivity index (χ2n) is 9.02. The highest BCUT2D eigenvalue weighted by atomic mass is 16.2. The molecule has 0 aliphatic carbocycles. The smallest absolute Gasteiger partial charge is 0.242 e. The zero-order valence-electron chi connectivity index (χ0n) is 21.7. The summed E-state index contributed by atoms with van der Waals surface area (Å²) in [6.07, 6.45) is 3.34. The molecule has 0 spiro atoms. The fourth-order valence-electron chi connectivity index (χ4n) is 3.37. The van der Waals surface area contributed by atoms with Crippen LogP contribution in [0.25, 0.3) is 0 Å². The highest BCUT2D eigenvalue weighted by Gasteiger charge is 2.21. The number of benzene rings is 1. The van der Waals surface area contributed by atoms with E-state index >= 15 is 0 Å². The summed E-state index contributed by atoms with van der Waals surface area (Å²) in [5, 5.41) is 13.2. The van der Waals surface area contributed by atoms with Crippen LogP contribution in [-0.2, 0) is 30.4 Å². The maximum absolute atomic E-state index is 12.3. The molecule has 5 amide bonds. The van der Waals surface area contributed by atoms with E-state index in [1.807, 2.05) is 44.2 Å². The largest absolute Gasteiger partial charge is 0.356 e. The first-order valence-corrected chi connectivity index (χ1v) is 12.6. The van der Waals surface area contributed by atoms with Gasteiger partial charge in [0.25, 0.3) is 0 Å². The van der Waals surface area contributed by atoms with E-state index < -0.39 is 17.9 Å². The lowest BCUT2D eigenvalue weighted by Crippen LogP contribution is -2.51. The van der Waals surface area contributed by atoms with Gasteiger partial charge in [-0.2, -0.15) is 0 Å². The normalized spacial score (nSPS) is 11.3. The van der Waals surface area contributed by atoms with E-state index in [1.54, 1.807) is 6.92 Å². The Morgan fingerprint density at radius 3 is 2.08 bits per heavy atom. The predicted molar refractivity (Wildman–Crippen MR) is 138 cm³/mol. The molecule has 1 unspecified atom stereocenters. The number of amides is 5. The minimum Gasteiger partial charge on any atom is -0.356 e. The average molecular weight is 504 g/mol. The zero-order valence-corrected chi connectivity index (χ0v) is 21.7. The lowest BCUT2D eigenvalue weighted by Gasteiger charge is -2.18. The Kier molecular flexibility index (Phi) is 15.2. The molecule has 1 rings (SSSR count). The van der Waals surface area contributed by atoms with Crippen molar-refractivity contribution >= 4 is 29.5 Å². The summed E-state index contributed by atoms with van der Waals surface area (Å²) in [4.78, 5) is 60.1. The molecule has 10 nitrogen and oxygen atoms in total. The molecule has 1 aromatic carbocycles. The van der Waals surface area contributed by atoms with E-state index in [-0.39, 0.29) is 37.2 Å². The summed E-state index contributed by atoms with van der Waals surface area (Å²) in [5.41, 5.74) is 0.900. The Morgan fingerprint density at radius 1 is 0.750 bits per heavy atom. The van der Waals surface area contributed by atoms with Crippen LogP contribution in [0.2, 0.25) is 0 Å². The van der Waals surface area contributed by atoms with Crippen molar-refractivity contribution in [3.05, 3.63) is 35.9 Å². The van der Waals surface area contributed by atoms with Gasteiger partial charge in [0.05, 0.1) is 13.1 Å². The molecule has 0 aliphatic rings. The quantitative estimate of drug-likeness (QED) is 0.200.